The fourth-order valence-electron chi connectivity index (χ4n) is 2.33. The van der Waals surface area contributed by atoms with Crippen molar-refractivity contribution >= 4 is 57.8 Å². The minimum Gasteiger partial charge on any atom is -0.481 e. The van der Waals surface area contributed by atoms with E-state index in [0.29, 0.717) is 20.9 Å². The quantitative estimate of drug-likeness (QED) is 0.357. The summed E-state index contributed by atoms with van der Waals surface area (Å²) in [7, 11) is 2.56. The molecule has 0 fully saturated rings. The maximum Gasteiger partial charge on any atom is 0.303 e. The molecular weight excluding hydrogens is 452 g/mol. The highest BCUT2D eigenvalue weighted by molar-refractivity contribution is 8.76. The van der Waals surface area contributed by atoms with Gasteiger partial charge in [0.25, 0.3) is 11.8 Å². The third-order valence-corrected chi connectivity index (χ3v) is 6.33. The number of hydrogen-bond donors (Lipinski definition) is 2. The van der Waals surface area contributed by atoms with Crippen molar-refractivity contribution in [1.29, 1.82) is 0 Å². The zero-order chi connectivity index (χ0) is 23.3. The molecule has 0 spiro atoms. The Bertz CT molecular complexity index is 969. The number of nitrogens with zero attached hydrogens (tertiary/aromatic N) is 2. The maximum absolute atomic E-state index is 12.4. The molecule has 0 aliphatic heterocycles. The van der Waals surface area contributed by atoms with Gasteiger partial charge >= 0.3 is 11.9 Å². The fourth-order valence-corrected chi connectivity index (χ4v) is 4.68. The lowest BCUT2D eigenvalue weighted by Crippen LogP contribution is -2.00. The average molecular weight is 473 g/mol. The number of carboxylic acid groups (broad SMARTS) is 2. The van der Waals surface area contributed by atoms with E-state index in [4.69, 9.17) is 10.2 Å². The Hall–Kier alpha value is -3.24. The summed E-state index contributed by atoms with van der Waals surface area (Å²) in [4.78, 5) is 54.8. The van der Waals surface area contributed by atoms with Crippen molar-refractivity contribution in [2.24, 2.45) is 9.98 Å². The Kier molecular flexibility index (Phi) is 10.3. The second kappa shape index (κ2) is 13.2. The normalized spacial score (nSPS) is 11.1. The van der Waals surface area contributed by atoms with Gasteiger partial charge in [0.15, 0.2) is 0 Å². The molecule has 0 aliphatic carbocycles. The number of amides is 2. The minimum atomic E-state index is -0.962. The lowest BCUT2D eigenvalue weighted by Gasteiger charge is -2.08. The first-order valence-electron chi connectivity index (χ1n) is 9.48. The maximum atomic E-state index is 12.4. The predicted molar refractivity (Wildman–Crippen MR) is 124 cm³/mol. The number of benzene rings is 2. The molecule has 2 N–H and O–H groups in total. The van der Waals surface area contributed by atoms with Crippen LogP contribution in [0.15, 0.2) is 68.3 Å². The fraction of sp³-hybridized carbons (Fsp3) is 0.182. The van der Waals surface area contributed by atoms with Crippen LogP contribution >= 0.6 is 21.6 Å². The first kappa shape index (κ1) is 25.0. The third kappa shape index (κ3) is 8.48. The third-order valence-electron chi connectivity index (χ3n) is 3.85. The van der Waals surface area contributed by atoms with Crippen molar-refractivity contribution in [1.82, 2.24) is 0 Å². The first-order chi connectivity index (χ1) is 15.4. The van der Waals surface area contributed by atoms with Crippen molar-refractivity contribution in [2.75, 3.05) is 0 Å². The lowest BCUT2D eigenvalue weighted by atomic mass is 10.2. The van der Waals surface area contributed by atoms with Gasteiger partial charge in [-0.2, -0.15) is 0 Å². The molecular formula is C22H20N2O6S2. The summed E-state index contributed by atoms with van der Waals surface area (Å²) in [5.41, 5.74) is 0.735. The molecule has 10 heteroatoms. The Labute approximate surface area is 192 Å². The summed E-state index contributed by atoms with van der Waals surface area (Å²) in [5.74, 6) is -2.88. The summed E-state index contributed by atoms with van der Waals surface area (Å²) in [6, 6.07) is 13.7. The summed E-state index contributed by atoms with van der Waals surface area (Å²) < 4.78 is 0. The van der Waals surface area contributed by atoms with Gasteiger partial charge in [0.05, 0.1) is 24.0 Å². The predicted octanol–water partition coefficient (Wildman–Crippen LogP) is 4.64. The smallest absolute Gasteiger partial charge is 0.303 e. The molecule has 0 aromatic heterocycles. The van der Waals surface area contributed by atoms with Crippen molar-refractivity contribution in [2.45, 2.75) is 35.5 Å². The van der Waals surface area contributed by atoms with Crippen LogP contribution in [0.25, 0.3) is 0 Å². The molecule has 0 atom stereocenters. The minimum absolute atomic E-state index is 0.105. The van der Waals surface area contributed by atoms with Crippen LogP contribution in [-0.2, 0) is 9.59 Å². The first-order valence-corrected chi connectivity index (χ1v) is 11.6. The van der Waals surface area contributed by atoms with Crippen LogP contribution in [0.1, 0.15) is 46.4 Å². The van der Waals surface area contributed by atoms with E-state index in [-0.39, 0.29) is 25.7 Å². The van der Waals surface area contributed by atoms with E-state index in [1.807, 2.05) is 0 Å². The van der Waals surface area contributed by atoms with E-state index in [2.05, 4.69) is 9.98 Å². The van der Waals surface area contributed by atoms with Crippen LogP contribution in [0, 0.1) is 0 Å². The number of aliphatic carboxylic acids is 2. The van der Waals surface area contributed by atoms with E-state index in [1.165, 1.54) is 34.0 Å². The Morgan fingerprint density at radius 1 is 0.688 bits per heavy atom. The van der Waals surface area contributed by atoms with Crippen molar-refractivity contribution in [3.63, 3.8) is 0 Å². The lowest BCUT2D eigenvalue weighted by molar-refractivity contribution is -0.137. The molecule has 0 unspecified atom stereocenters. The summed E-state index contributed by atoms with van der Waals surface area (Å²) in [5, 5.41) is 17.3. The molecule has 2 rings (SSSR count). The molecule has 2 aromatic rings. The Balaban J connectivity index is 2.08. The number of carbonyl (C=O) groups is 4. The summed E-state index contributed by atoms with van der Waals surface area (Å²) >= 11 is 0. The highest BCUT2D eigenvalue weighted by Crippen LogP contribution is 2.40. The van der Waals surface area contributed by atoms with Crippen molar-refractivity contribution < 1.29 is 29.4 Å². The van der Waals surface area contributed by atoms with Gasteiger partial charge < -0.3 is 10.2 Å². The van der Waals surface area contributed by atoms with E-state index in [1.54, 1.807) is 48.5 Å². The van der Waals surface area contributed by atoms with Gasteiger partial charge in [0.2, 0.25) is 0 Å². The van der Waals surface area contributed by atoms with E-state index in [0.717, 1.165) is 0 Å². The van der Waals surface area contributed by atoms with Crippen LogP contribution < -0.4 is 0 Å². The highest BCUT2D eigenvalue weighted by Gasteiger charge is 2.14. The standard InChI is InChI=1S/C22H20N2O6S2/c25-19(26)11-5-13-23-21(29)15-7-1-3-9-17(15)31-32-18-10-4-2-8-16(18)22(30)24-14-6-12-20(27)28/h1-4,7-10,13-14H,5-6,11-12H2,(H,25,26)(H,27,28). The van der Waals surface area contributed by atoms with Crippen LogP contribution in [0.2, 0.25) is 0 Å². The molecule has 8 nitrogen and oxygen atoms in total. The van der Waals surface area contributed by atoms with Gasteiger partial charge in [0, 0.05) is 22.2 Å². The number of rotatable bonds is 11. The zero-order valence-electron chi connectivity index (χ0n) is 16.8. The molecule has 2 aromatic carbocycles. The monoisotopic (exact) mass is 472 g/mol. The van der Waals surface area contributed by atoms with E-state index in [9.17, 15) is 19.2 Å². The summed E-state index contributed by atoms with van der Waals surface area (Å²) in [6.07, 6.45) is 2.70. The molecule has 32 heavy (non-hydrogen) atoms. The molecule has 0 aliphatic rings. The van der Waals surface area contributed by atoms with Crippen LogP contribution in [0.4, 0.5) is 0 Å². The van der Waals surface area contributed by atoms with E-state index >= 15 is 0 Å². The Morgan fingerprint density at radius 2 is 1.06 bits per heavy atom. The molecule has 0 saturated carbocycles. The van der Waals surface area contributed by atoms with Gasteiger partial charge in [-0.15, -0.1) is 0 Å². The molecule has 0 radical (unpaired) electrons. The Morgan fingerprint density at radius 3 is 1.44 bits per heavy atom. The summed E-state index contributed by atoms with van der Waals surface area (Å²) in [6.45, 7) is 0. The largest absolute Gasteiger partial charge is 0.481 e. The van der Waals surface area contributed by atoms with Crippen molar-refractivity contribution in [3.05, 3.63) is 59.7 Å². The average Bonchev–Trinajstić information content (AvgIpc) is 2.78. The van der Waals surface area contributed by atoms with E-state index < -0.39 is 23.8 Å². The molecule has 2 amide bonds. The molecule has 0 bridgehead atoms. The van der Waals surface area contributed by atoms with Gasteiger partial charge in [0.1, 0.15) is 0 Å². The van der Waals surface area contributed by atoms with Gasteiger partial charge in [-0.05, 0) is 37.1 Å². The second-order valence-corrected chi connectivity index (χ2v) is 8.47. The van der Waals surface area contributed by atoms with Gasteiger partial charge in [-0.25, -0.2) is 9.98 Å². The highest BCUT2D eigenvalue weighted by atomic mass is 33.1. The number of carbonyl (C=O) groups excluding carboxylic acids is 2. The van der Waals surface area contributed by atoms with Crippen LogP contribution in [0.5, 0.6) is 0 Å². The van der Waals surface area contributed by atoms with Crippen LogP contribution in [0.3, 0.4) is 0 Å². The molecule has 0 heterocycles. The van der Waals surface area contributed by atoms with Crippen LogP contribution in [-0.4, -0.2) is 46.4 Å². The number of carboxylic acids is 2. The zero-order valence-corrected chi connectivity index (χ0v) is 18.5. The van der Waals surface area contributed by atoms with Crippen molar-refractivity contribution in [3.8, 4) is 0 Å². The van der Waals surface area contributed by atoms with Gasteiger partial charge in [-0.3, -0.25) is 19.2 Å². The van der Waals surface area contributed by atoms with Gasteiger partial charge in [-0.1, -0.05) is 45.9 Å². The molecule has 166 valence electrons. The number of aliphatic imine (C=N–C) groups is 2. The SMILES string of the molecule is O=C(O)CCC=NC(=O)c1ccccc1SSc1ccccc1C(=O)N=CCCC(=O)O. The molecule has 0 saturated heterocycles. The second-order valence-electron chi connectivity index (χ2n) is 6.26. The number of hydrogen-bond acceptors (Lipinski definition) is 6. The topological polar surface area (TPSA) is 133 Å².